The molecule has 0 amide bonds. The van der Waals surface area contributed by atoms with E-state index in [0.717, 1.165) is 32.1 Å². The van der Waals surface area contributed by atoms with Crippen molar-refractivity contribution in [1.82, 2.24) is 0 Å². The van der Waals surface area contributed by atoms with E-state index < -0.39 is 17.8 Å². The van der Waals surface area contributed by atoms with Gasteiger partial charge in [-0.25, -0.2) is 0 Å². The van der Waals surface area contributed by atoms with E-state index in [0.29, 0.717) is 19.8 Å². The summed E-state index contributed by atoms with van der Waals surface area (Å²) in [6.07, 6.45) is 4.86. The molecule has 0 aliphatic rings. The van der Waals surface area contributed by atoms with E-state index in [1.807, 2.05) is 0 Å². The molecule has 0 aromatic heterocycles. The van der Waals surface area contributed by atoms with E-state index >= 15 is 0 Å². The predicted octanol–water partition coefficient (Wildman–Crippen LogP) is 3.25. The Morgan fingerprint density at radius 3 is 1.44 bits per heavy atom. The van der Waals surface area contributed by atoms with Crippen LogP contribution in [0, 0.1) is 0 Å². The third-order valence-corrected chi connectivity index (χ3v) is 7.29. The van der Waals surface area contributed by atoms with Crippen LogP contribution in [0.1, 0.15) is 59.8 Å². The number of hydrogen-bond acceptors (Lipinski definition) is 4. The zero-order valence-electron chi connectivity index (χ0n) is 12.5. The number of nitrogens with two attached hydrogens (primary N) is 1. The zero-order valence-corrected chi connectivity index (χ0v) is 14.1. The van der Waals surface area contributed by atoms with Gasteiger partial charge in [0.15, 0.2) is 0 Å². The van der Waals surface area contributed by atoms with Crippen LogP contribution in [0.4, 0.5) is 0 Å². The van der Waals surface area contributed by atoms with Crippen LogP contribution < -0.4 is 5.73 Å². The van der Waals surface area contributed by atoms with E-state index in [-0.39, 0.29) is 4.35 Å². The molecule has 0 saturated heterocycles. The molecule has 0 heterocycles. The molecular formula is C13H31NO3Ti. The molecule has 2 N–H and O–H groups in total. The van der Waals surface area contributed by atoms with Crippen molar-refractivity contribution in [3.8, 4) is 0 Å². The first kappa shape index (κ1) is 18.6. The Labute approximate surface area is 117 Å². The van der Waals surface area contributed by atoms with Crippen molar-refractivity contribution in [2.75, 3.05) is 19.8 Å². The van der Waals surface area contributed by atoms with Gasteiger partial charge in [0.1, 0.15) is 0 Å². The van der Waals surface area contributed by atoms with Crippen molar-refractivity contribution >= 4 is 0 Å². The van der Waals surface area contributed by atoms with Gasteiger partial charge in [-0.3, -0.25) is 0 Å². The van der Waals surface area contributed by atoms with Gasteiger partial charge in [0.25, 0.3) is 0 Å². The fraction of sp³-hybridized carbons (Fsp3) is 1.00. The molecule has 0 spiro atoms. The third-order valence-electron chi connectivity index (χ3n) is 2.58. The fourth-order valence-electron chi connectivity index (χ4n) is 1.67. The molecule has 0 aliphatic heterocycles. The second-order valence-electron chi connectivity index (χ2n) is 4.54. The first-order valence-electron chi connectivity index (χ1n) is 7.34. The second kappa shape index (κ2) is 11.4. The molecule has 5 heteroatoms. The van der Waals surface area contributed by atoms with Gasteiger partial charge in [0, 0.05) is 0 Å². The summed E-state index contributed by atoms with van der Waals surface area (Å²) in [5, 5.41) is 0. The maximum atomic E-state index is 6.29. The Balaban J connectivity index is 4.72. The molecule has 0 radical (unpaired) electrons. The minimum atomic E-state index is -3.28. The summed E-state index contributed by atoms with van der Waals surface area (Å²) >= 11 is -3.28. The summed E-state index contributed by atoms with van der Waals surface area (Å²) in [5.74, 6) is 0. The first-order chi connectivity index (χ1) is 8.66. The van der Waals surface area contributed by atoms with Crippen LogP contribution in [0.25, 0.3) is 0 Å². The van der Waals surface area contributed by atoms with Gasteiger partial charge in [0.05, 0.1) is 0 Å². The molecule has 1 unspecified atom stereocenters. The summed E-state index contributed by atoms with van der Waals surface area (Å²) in [6.45, 7) is 10.5. The van der Waals surface area contributed by atoms with E-state index in [2.05, 4.69) is 27.7 Å². The van der Waals surface area contributed by atoms with Gasteiger partial charge in [-0.15, -0.1) is 0 Å². The van der Waals surface area contributed by atoms with Gasteiger partial charge < -0.3 is 0 Å². The van der Waals surface area contributed by atoms with E-state index in [1.165, 1.54) is 0 Å². The average molecular weight is 297 g/mol. The number of rotatable bonds is 12. The van der Waals surface area contributed by atoms with Crippen LogP contribution in [0.5, 0.6) is 0 Å². The van der Waals surface area contributed by atoms with Crippen molar-refractivity contribution in [3.63, 3.8) is 0 Å². The van der Waals surface area contributed by atoms with Crippen molar-refractivity contribution < 1.29 is 27.7 Å². The molecule has 0 aromatic rings. The standard InChI is InChI=1S/C4H10N.3C3H7O.Ti/c1-2-3-4-5;3*1-2-3-4;/h4H,2-3,5H2,1H3;3*2-3H2,1H3;/q;3*-1;+3. The average Bonchev–Trinajstić information content (AvgIpc) is 2.38. The molecule has 1 atom stereocenters. The predicted molar refractivity (Wildman–Crippen MR) is 71.6 cm³/mol. The van der Waals surface area contributed by atoms with E-state index in [9.17, 15) is 0 Å². The fourth-order valence-corrected chi connectivity index (χ4v) is 6.35. The monoisotopic (exact) mass is 297 g/mol. The van der Waals surface area contributed by atoms with Gasteiger partial charge in [-0.2, -0.15) is 0 Å². The summed E-state index contributed by atoms with van der Waals surface area (Å²) in [4.78, 5) is 0. The molecular weight excluding hydrogens is 266 g/mol. The van der Waals surface area contributed by atoms with E-state index in [1.54, 1.807) is 0 Å². The Hall–Kier alpha value is 0.554. The van der Waals surface area contributed by atoms with Gasteiger partial charge >= 0.3 is 117 Å². The Morgan fingerprint density at radius 1 is 0.778 bits per heavy atom. The van der Waals surface area contributed by atoms with Gasteiger partial charge in [-0.1, -0.05) is 0 Å². The van der Waals surface area contributed by atoms with Crippen molar-refractivity contribution in [2.45, 2.75) is 64.1 Å². The van der Waals surface area contributed by atoms with Crippen molar-refractivity contribution in [1.29, 1.82) is 0 Å². The summed E-state index contributed by atoms with van der Waals surface area (Å²) in [5.41, 5.74) is 6.29. The molecule has 0 fully saturated rings. The molecule has 4 nitrogen and oxygen atoms in total. The Morgan fingerprint density at radius 2 is 1.17 bits per heavy atom. The van der Waals surface area contributed by atoms with E-state index in [4.69, 9.17) is 15.7 Å². The van der Waals surface area contributed by atoms with Crippen LogP contribution in [0.2, 0.25) is 0 Å². The molecule has 0 bridgehead atoms. The zero-order chi connectivity index (χ0) is 13.9. The molecule has 18 heavy (non-hydrogen) atoms. The summed E-state index contributed by atoms with van der Waals surface area (Å²) < 4.78 is 18.0. The Kier molecular flexibility index (Phi) is 11.7. The van der Waals surface area contributed by atoms with Crippen LogP contribution in [0.3, 0.4) is 0 Å². The van der Waals surface area contributed by atoms with Crippen LogP contribution >= 0.6 is 0 Å². The maximum absolute atomic E-state index is 6.29. The van der Waals surface area contributed by atoms with Crippen LogP contribution in [-0.4, -0.2) is 24.2 Å². The van der Waals surface area contributed by atoms with Crippen molar-refractivity contribution in [2.24, 2.45) is 5.73 Å². The summed E-state index contributed by atoms with van der Waals surface area (Å²) in [7, 11) is 0. The normalized spacial score (nSPS) is 13.8. The number of hydrogen-bond donors (Lipinski definition) is 1. The second-order valence-corrected chi connectivity index (χ2v) is 8.94. The van der Waals surface area contributed by atoms with Crippen molar-refractivity contribution in [3.05, 3.63) is 0 Å². The Bertz CT molecular complexity index is 171. The molecule has 0 aliphatic carbocycles. The first-order valence-corrected chi connectivity index (χ1v) is 10.2. The minimum absolute atomic E-state index is 0.0559. The molecule has 110 valence electrons. The van der Waals surface area contributed by atoms with Crippen LogP contribution in [0.15, 0.2) is 0 Å². The summed E-state index contributed by atoms with van der Waals surface area (Å²) in [6, 6.07) is 0. The molecule has 0 saturated carbocycles. The van der Waals surface area contributed by atoms with Gasteiger partial charge in [-0.05, 0) is 0 Å². The molecule has 0 aromatic carbocycles. The van der Waals surface area contributed by atoms with Crippen LogP contribution in [-0.2, 0) is 27.7 Å². The third kappa shape index (κ3) is 6.64. The van der Waals surface area contributed by atoms with Gasteiger partial charge in [0.2, 0.25) is 0 Å². The molecule has 0 rings (SSSR count). The topological polar surface area (TPSA) is 53.7 Å². The quantitative estimate of drug-likeness (QED) is 0.562. The SMILES string of the molecule is CCC[O][Ti]([O]CCC)([O]CCC)[CH](N)CCC.